The lowest BCUT2D eigenvalue weighted by Crippen LogP contribution is -1.98. The van der Waals surface area contributed by atoms with Gasteiger partial charge >= 0.3 is 0 Å². The molecule has 0 aliphatic heterocycles. The van der Waals surface area contributed by atoms with E-state index < -0.39 is 0 Å². The van der Waals surface area contributed by atoms with Crippen molar-refractivity contribution >= 4 is 16.7 Å². The number of fused-ring (bicyclic) bond motifs is 1. The average molecular weight is 225 g/mol. The molecule has 3 aromatic rings. The van der Waals surface area contributed by atoms with Crippen LogP contribution in [0.2, 0.25) is 0 Å². The Morgan fingerprint density at radius 2 is 2.06 bits per heavy atom. The van der Waals surface area contributed by atoms with Crippen molar-refractivity contribution < 1.29 is 0 Å². The zero-order valence-electron chi connectivity index (χ0n) is 9.33. The summed E-state index contributed by atoms with van der Waals surface area (Å²) in [4.78, 5) is 4.53. The monoisotopic (exact) mass is 225 g/mol. The Balaban J connectivity index is 2.32. The fraction of sp³-hybridized carbons (Fsp3) is 0.0833. The van der Waals surface area contributed by atoms with Gasteiger partial charge in [-0.3, -0.25) is 4.98 Å². The highest BCUT2D eigenvalue weighted by Gasteiger charge is 2.06. The Bertz CT molecular complexity index is 686. The maximum atomic E-state index is 5.58. The van der Waals surface area contributed by atoms with Crippen LogP contribution < -0.4 is 5.73 Å². The second kappa shape index (κ2) is 3.55. The summed E-state index contributed by atoms with van der Waals surface area (Å²) in [6.45, 7) is 1.96. The Morgan fingerprint density at radius 3 is 2.82 bits per heavy atom. The van der Waals surface area contributed by atoms with Crippen molar-refractivity contribution in [3.8, 4) is 5.69 Å². The van der Waals surface area contributed by atoms with Crippen LogP contribution in [0, 0.1) is 6.92 Å². The highest BCUT2D eigenvalue weighted by Crippen LogP contribution is 2.20. The van der Waals surface area contributed by atoms with Gasteiger partial charge in [0.15, 0.2) is 5.82 Å². The highest BCUT2D eigenvalue weighted by atomic mass is 15.4. The van der Waals surface area contributed by atoms with Crippen LogP contribution in [-0.4, -0.2) is 20.0 Å². The van der Waals surface area contributed by atoms with Crippen molar-refractivity contribution in [2.45, 2.75) is 6.92 Å². The highest BCUT2D eigenvalue weighted by molar-refractivity contribution is 5.86. The van der Waals surface area contributed by atoms with Gasteiger partial charge in [-0.25, -0.2) is 4.68 Å². The molecule has 2 heterocycles. The number of hydrogen-bond donors (Lipinski definition) is 1. The molecule has 2 N–H and O–H groups in total. The molecule has 0 atom stereocenters. The molecule has 0 fully saturated rings. The van der Waals surface area contributed by atoms with Crippen LogP contribution in [0.15, 0.2) is 36.5 Å². The number of nitrogens with zero attached hydrogens (tertiary/aromatic N) is 4. The first-order valence-electron chi connectivity index (χ1n) is 5.28. The molecule has 1 aromatic carbocycles. The number of aromatic nitrogens is 4. The van der Waals surface area contributed by atoms with Crippen molar-refractivity contribution in [1.29, 1.82) is 0 Å². The zero-order valence-corrected chi connectivity index (χ0v) is 9.33. The number of anilines is 1. The van der Waals surface area contributed by atoms with Crippen molar-refractivity contribution in [1.82, 2.24) is 20.0 Å². The summed E-state index contributed by atoms with van der Waals surface area (Å²) in [7, 11) is 0. The Hall–Kier alpha value is -2.43. The largest absolute Gasteiger partial charge is 0.381 e. The minimum Gasteiger partial charge on any atom is -0.381 e. The molecule has 17 heavy (non-hydrogen) atoms. The van der Waals surface area contributed by atoms with E-state index in [0.717, 1.165) is 22.3 Å². The number of rotatable bonds is 1. The molecule has 0 aliphatic rings. The van der Waals surface area contributed by atoms with Gasteiger partial charge in [0.25, 0.3) is 0 Å². The van der Waals surface area contributed by atoms with Gasteiger partial charge < -0.3 is 5.73 Å². The lowest BCUT2D eigenvalue weighted by Gasteiger charge is -2.05. The normalized spacial score (nSPS) is 10.9. The van der Waals surface area contributed by atoms with Crippen LogP contribution in [0.5, 0.6) is 0 Å². The van der Waals surface area contributed by atoms with Gasteiger partial charge in [0, 0.05) is 11.1 Å². The first kappa shape index (κ1) is 9.77. The number of para-hydroxylation sites is 1. The quantitative estimate of drug-likeness (QED) is 0.684. The fourth-order valence-electron chi connectivity index (χ4n) is 1.81. The average Bonchev–Trinajstić information content (AvgIpc) is 2.75. The predicted molar refractivity (Wildman–Crippen MR) is 65.8 cm³/mol. The first-order chi connectivity index (χ1) is 8.24. The summed E-state index contributed by atoms with van der Waals surface area (Å²) in [5, 5.41) is 8.82. The van der Waals surface area contributed by atoms with E-state index >= 15 is 0 Å². The third kappa shape index (κ3) is 1.61. The van der Waals surface area contributed by atoms with Crippen LogP contribution in [0.25, 0.3) is 16.6 Å². The van der Waals surface area contributed by atoms with Crippen molar-refractivity contribution in [3.05, 3.63) is 42.2 Å². The summed E-state index contributed by atoms with van der Waals surface area (Å²) >= 11 is 0. The smallest absolute Gasteiger partial charge is 0.166 e. The standard InChI is InChI=1S/C12H11N5/c1-8-5-6-9-3-2-4-10(12(9)14-8)17-7-11(13)15-16-17/h2-7H,13H2,1H3. The van der Waals surface area contributed by atoms with Crippen molar-refractivity contribution in [2.24, 2.45) is 0 Å². The molecular formula is C12H11N5. The van der Waals surface area contributed by atoms with E-state index in [-0.39, 0.29) is 0 Å². The van der Waals surface area contributed by atoms with E-state index in [2.05, 4.69) is 15.3 Å². The van der Waals surface area contributed by atoms with Crippen molar-refractivity contribution in [2.75, 3.05) is 5.73 Å². The lowest BCUT2D eigenvalue weighted by molar-refractivity contribution is 0.807. The zero-order chi connectivity index (χ0) is 11.8. The van der Waals surface area contributed by atoms with E-state index in [9.17, 15) is 0 Å². The third-order valence-electron chi connectivity index (χ3n) is 2.60. The third-order valence-corrected chi connectivity index (χ3v) is 2.60. The molecule has 0 amide bonds. The van der Waals surface area contributed by atoms with Crippen LogP contribution in [-0.2, 0) is 0 Å². The SMILES string of the molecule is Cc1ccc2cccc(-n3cc(N)nn3)c2n1. The molecule has 2 aromatic heterocycles. The van der Waals surface area contributed by atoms with Gasteiger partial charge in [-0.1, -0.05) is 23.4 Å². The molecule has 5 nitrogen and oxygen atoms in total. The van der Waals surface area contributed by atoms with E-state index in [0.29, 0.717) is 5.82 Å². The second-order valence-electron chi connectivity index (χ2n) is 3.89. The summed E-state index contributed by atoms with van der Waals surface area (Å²) in [6, 6.07) is 9.96. The molecule has 0 bridgehead atoms. The number of nitrogen functional groups attached to an aromatic ring is 1. The molecule has 0 aliphatic carbocycles. The summed E-state index contributed by atoms with van der Waals surface area (Å²) in [5.41, 5.74) is 8.33. The predicted octanol–water partition coefficient (Wildman–Crippen LogP) is 1.71. The lowest BCUT2D eigenvalue weighted by atomic mass is 10.2. The second-order valence-corrected chi connectivity index (χ2v) is 3.89. The molecule has 84 valence electrons. The van der Waals surface area contributed by atoms with E-state index in [1.807, 2.05) is 37.3 Å². The molecule has 3 rings (SSSR count). The Labute approximate surface area is 97.9 Å². The summed E-state index contributed by atoms with van der Waals surface area (Å²) in [5.74, 6) is 0.398. The number of aryl methyl sites for hydroxylation is 1. The molecule has 0 saturated heterocycles. The van der Waals surface area contributed by atoms with Crippen LogP contribution >= 0.6 is 0 Å². The number of pyridine rings is 1. The van der Waals surface area contributed by atoms with E-state index in [4.69, 9.17) is 5.73 Å². The molecule has 0 radical (unpaired) electrons. The fourth-order valence-corrected chi connectivity index (χ4v) is 1.81. The Kier molecular flexibility index (Phi) is 2.04. The van der Waals surface area contributed by atoms with Crippen molar-refractivity contribution in [3.63, 3.8) is 0 Å². The molecular weight excluding hydrogens is 214 g/mol. The first-order valence-corrected chi connectivity index (χ1v) is 5.28. The summed E-state index contributed by atoms with van der Waals surface area (Å²) < 4.78 is 1.64. The van der Waals surface area contributed by atoms with E-state index in [1.165, 1.54) is 0 Å². The minimum absolute atomic E-state index is 0.398. The number of hydrogen-bond acceptors (Lipinski definition) is 4. The topological polar surface area (TPSA) is 69.6 Å². The molecule has 5 heteroatoms. The minimum atomic E-state index is 0.398. The Morgan fingerprint density at radius 1 is 1.18 bits per heavy atom. The summed E-state index contributed by atoms with van der Waals surface area (Å²) in [6.07, 6.45) is 1.68. The van der Waals surface area contributed by atoms with Gasteiger partial charge in [0.2, 0.25) is 0 Å². The molecule has 0 unspecified atom stereocenters. The molecule has 0 saturated carbocycles. The van der Waals surface area contributed by atoms with Crippen LogP contribution in [0.1, 0.15) is 5.69 Å². The number of nitrogens with two attached hydrogens (primary N) is 1. The van der Waals surface area contributed by atoms with E-state index in [1.54, 1.807) is 10.9 Å². The van der Waals surface area contributed by atoms with Crippen LogP contribution in [0.4, 0.5) is 5.82 Å². The maximum absolute atomic E-state index is 5.58. The molecule has 0 spiro atoms. The van der Waals surface area contributed by atoms with Gasteiger partial charge in [-0.05, 0) is 19.1 Å². The van der Waals surface area contributed by atoms with Crippen LogP contribution in [0.3, 0.4) is 0 Å². The van der Waals surface area contributed by atoms with Gasteiger partial charge in [-0.15, -0.1) is 5.10 Å². The van der Waals surface area contributed by atoms with Gasteiger partial charge in [0.05, 0.1) is 17.4 Å². The maximum Gasteiger partial charge on any atom is 0.166 e. The number of benzene rings is 1. The van der Waals surface area contributed by atoms with Gasteiger partial charge in [-0.2, -0.15) is 0 Å². The van der Waals surface area contributed by atoms with Gasteiger partial charge in [0.1, 0.15) is 0 Å².